The quantitative estimate of drug-likeness (QED) is 0.743. The van der Waals surface area contributed by atoms with E-state index < -0.39 is 10.0 Å². The second-order valence-corrected chi connectivity index (χ2v) is 7.89. The van der Waals surface area contributed by atoms with Crippen molar-refractivity contribution in [3.63, 3.8) is 0 Å². The van der Waals surface area contributed by atoms with Crippen LogP contribution in [0.2, 0.25) is 0 Å². The van der Waals surface area contributed by atoms with Gasteiger partial charge < -0.3 is 4.74 Å². The summed E-state index contributed by atoms with van der Waals surface area (Å²) >= 11 is 0. The molecular weight excluding hydrogens is 238 g/mol. The van der Waals surface area contributed by atoms with Crippen LogP contribution in [0.5, 0.6) is 0 Å². The van der Waals surface area contributed by atoms with Crippen molar-refractivity contribution in [3.8, 4) is 0 Å². The van der Waals surface area contributed by atoms with Gasteiger partial charge in [0.2, 0.25) is 10.0 Å². The first-order valence-electron chi connectivity index (χ1n) is 6.23. The lowest BCUT2D eigenvalue weighted by Gasteiger charge is -2.43. The predicted molar refractivity (Wildman–Crippen MR) is 69.4 cm³/mol. The van der Waals surface area contributed by atoms with Crippen LogP contribution in [0.4, 0.5) is 0 Å². The Bertz CT molecular complexity index is 326. The Kier molecular flexibility index (Phi) is 4.98. The van der Waals surface area contributed by atoms with E-state index in [2.05, 4.69) is 25.5 Å². The smallest absolute Gasteiger partial charge is 0.211 e. The molecule has 5 heteroatoms. The second-order valence-electron chi connectivity index (χ2n) is 6.01. The summed E-state index contributed by atoms with van der Waals surface area (Å²) in [6.07, 6.45) is 2.49. The highest BCUT2D eigenvalue weighted by Crippen LogP contribution is 2.41. The molecule has 0 unspecified atom stereocenters. The molecule has 0 aliphatic heterocycles. The van der Waals surface area contributed by atoms with E-state index in [1.54, 1.807) is 7.11 Å². The highest BCUT2D eigenvalue weighted by molar-refractivity contribution is 7.89. The molecule has 1 aliphatic rings. The maximum atomic E-state index is 11.7. The van der Waals surface area contributed by atoms with Crippen LogP contribution in [0.3, 0.4) is 0 Å². The van der Waals surface area contributed by atoms with Gasteiger partial charge in [-0.25, -0.2) is 13.1 Å². The van der Waals surface area contributed by atoms with Crippen molar-refractivity contribution in [2.75, 3.05) is 19.5 Å². The molecule has 1 aliphatic carbocycles. The molecule has 0 aromatic heterocycles. The molecule has 0 amide bonds. The lowest BCUT2D eigenvalue weighted by atomic mass is 9.66. The van der Waals surface area contributed by atoms with Gasteiger partial charge in [-0.1, -0.05) is 20.8 Å². The Morgan fingerprint density at radius 2 is 1.88 bits per heavy atom. The monoisotopic (exact) mass is 263 g/mol. The predicted octanol–water partition coefficient (Wildman–Crippen LogP) is 1.77. The molecule has 0 saturated heterocycles. The number of ether oxygens (including phenoxy) is 1. The molecule has 4 nitrogen and oxygen atoms in total. The summed E-state index contributed by atoms with van der Waals surface area (Å²) in [5.74, 6) is 0.798. The first kappa shape index (κ1) is 14.9. The van der Waals surface area contributed by atoms with Gasteiger partial charge in [-0.3, -0.25) is 0 Å². The van der Waals surface area contributed by atoms with Crippen molar-refractivity contribution in [1.82, 2.24) is 4.72 Å². The molecule has 0 atom stereocenters. The maximum Gasteiger partial charge on any atom is 0.211 e. The molecule has 1 rings (SSSR count). The van der Waals surface area contributed by atoms with Gasteiger partial charge in [-0.15, -0.1) is 0 Å². The third-order valence-electron chi connectivity index (χ3n) is 3.47. The average Bonchev–Trinajstić information content (AvgIpc) is 2.09. The van der Waals surface area contributed by atoms with Crippen LogP contribution in [0.15, 0.2) is 0 Å². The summed E-state index contributed by atoms with van der Waals surface area (Å²) in [7, 11) is -1.53. The Balaban J connectivity index is 2.28. The minimum absolute atomic E-state index is 0.145. The zero-order valence-electron chi connectivity index (χ0n) is 11.3. The van der Waals surface area contributed by atoms with Crippen LogP contribution in [-0.2, 0) is 14.8 Å². The summed E-state index contributed by atoms with van der Waals surface area (Å²) in [4.78, 5) is 0. The average molecular weight is 263 g/mol. The molecule has 0 radical (unpaired) electrons. The highest BCUT2D eigenvalue weighted by Gasteiger charge is 2.38. The number of methoxy groups -OCH3 is 1. The van der Waals surface area contributed by atoms with Crippen molar-refractivity contribution in [3.05, 3.63) is 0 Å². The van der Waals surface area contributed by atoms with Gasteiger partial charge in [0, 0.05) is 19.8 Å². The first-order valence-corrected chi connectivity index (χ1v) is 7.89. The van der Waals surface area contributed by atoms with Crippen molar-refractivity contribution in [2.45, 2.75) is 46.1 Å². The maximum absolute atomic E-state index is 11.7. The van der Waals surface area contributed by atoms with Crippen LogP contribution in [0, 0.1) is 11.3 Å². The number of sulfonamides is 1. The SMILES string of the molecule is COCCCS(=O)(=O)NC1CC(C(C)(C)C)C1. The summed E-state index contributed by atoms with van der Waals surface area (Å²) in [6, 6.07) is 0.145. The fraction of sp³-hybridized carbons (Fsp3) is 1.00. The van der Waals surface area contributed by atoms with Gasteiger partial charge in [0.1, 0.15) is 0 Å². The van der Waals surface area contributed by atoms with E-state index in [-0.39, 0.29) is 17.2 Å². The molecule has 0 bridgehead atoms. The number of hydrogen-bond acceptors (Lipinski definition) is 3. The third kappa shape index (κ3) is 4.94. The molecule has 1 saturated carbocycles. The first-order chi connectivity index (χ1) is 7.74. The number of nitrogens with one attached hydrogen (secondary N) is 1. The molecule has 0 aromatic rings. The molecule has 102 valence electrons. The molecule has 0 spiro atoms. The zero-order chi connectivity index (χ0) is 13.1. The van der Waals surface area contributed by atoms with E-state index in [1.807, 2.05) is 0 Å². The molecule has 1 fully saturated rings. The second kappa shape index (κ2) is 5.67. The minimum Gasteiger partial charge on any atom is -0.385 e. The fourth-order valence-corrected chi connectivity index (χ4v) is 3.44. The van der Waals surface area contributed by atoms with Gasteiger partial charge in [0.15, 0.2) is 0 Å². The van der Waals surface area contributed by atoms with Crippen molar-refractivity contribution < 1.29 is 13.2 Å². The summed E-state index contributed by atoms with van der Waals surface area (Å²) in [5.41, 5.74) is 0.290. The Labute approximate surface area is 105 Å². The molecule has 1 N–H and O–H groups in total. The van der Waals surface area contributed by atoms with Gasteiger partial charge in [-0.2, -0.15) is 0 Å². The lowest BCUT2D eigenvalue weighted by Crippen LogP contribution is -2.48. The van der Waals surface area contributed by atoms with Crippen LogP contribution in [0.25, 0.3) is 0 Å². The highest BCUT2D eigenvalue weighted by atomic mass is 32.2. The lowest BCUT2D eigenvalue weighted by molar-refractivity contribution is 0.110. The molecular formula is C12H25NO3S. The fourth-order valence-electron chi connectivity index (χ4n) is 2.13. The number of hydrogen-bond donors (Lipinski definition) is 1. The summed E-state index contributed by atoms with van der Waals surface area (Å²) in [6.45, 7) is 7.12. The van der Waals surface area contributed by atoms with Crippen LogP contribution < -0.4 is 4.72 Å². The molecule has 0 heterocycles. The topological polar surface area (TPSA) is 55.4 Å². The standard InChI is InChI=1S/C12H25NO3S/c1-12(2,3)10-8-11(9-10)13-17(14,15)7-5-6-16-4/h10-11,13H,5-9H2,1-4H3. The van der Waals surface area contributed by atoms with E-state index in [1.165, 1.54) is 0 Å². The summed E-state index contributed by atoms with van der Waals surface area (Å²) < 4.78 is 31.0. The Hall–Kier alpha value is -0.130. The van der Waals surface area contributed by atoms with E-state index in [0.29, 0.717) is 18.9 Å². The van der Waals surface area contributed by atoms with Gasteiger partial charge in [0.25, 0.3) is 0 Å². The largest absolute Gasteiger partial charge is 0.385 e. The van der Waals surface area contributed by atoms with E-state index in [4.69, 9.17) is 4.74 Å². The van der Waals surface area contributed by atoms with Gasteiger partial charge >= 0.3 is 0 Å². The zero-order valence-corrected chi connectivity index (χ0v) is 12.1. The van der Waals surface area contributed by atoms with E-state index in [9.17, 15) is 8.42 Å². The summed E-state index contributed by atoms with van der Waals surface area (Å²) in [5, 5.41) is 0. The van der Waals surface area contributed by atoms with Crippen molar-refractivity contribution >= 4 is 10.0 Å². The number of rotatable bonds is 6. The Morgan fingerprint density at radius 3 is 2.35 bits per heavy atom. The van der Waals surface area contributed by atoms with Crippen LogP contribution >= 0.6 is 0 Å². The normalized spacial score (nSPS) is 25.6. The third-order valence-corrected chi connectivity index (χ3v) is 4.99. The van der Waals surface area contributed by atoms with Crippen molar-refractivity contribution in [1.29, 1.82) is 0 Å². The van der Waals surface area contributed by atoms with Gasteiger partial charge in [-0.05, 0) is 30.6 Å². The Morgan fingerprint density at radius 1 is 1.29 bits per heavy atom. The van der Waals surface area contributed by atoms with Crippen molar-refractivity contribution in [2.24, 2.45) is 11.3 Å². The molecule has 17 heavy (non-hydrogen) atoms. The minimum atomic E-state index is -3.11. The van der Waals surface area contributed by atoms with Crippen LogP contribution in [0.1, 0.15) is 40.0 Å². The van der Waals surface area contributed by atoms with E-state index in [0.717, 1.165) is 12.8 Å². The molecule has 0 aromatic carbocycles. The van der Waals surface area contributed by atoms with E-state index >= 15 is 0 Å². The van der Waals surface area contributed by atoms with Gasteiger partial charge in [0.05, 0.1) is 5.75 Å². The van der Waals surface area contributed by atoms with Crippen LogP contribution in [-0.4, -0.2) is 33.9 Å².